The van der Waals surface area contributed by atoms with Crippen molar-refractivity contribution in [2.45, 2.75) is 44.6 Å². The summed E-state index contributed by atoms with van der Waals surface area (Å²) in [5, 5.41) is 14.4. The van der Waals surface area contributed by atoms with Crippen molar-refractivity contribution in [3.8, 4) is 10.8 Å². The Morgan fingerprint density at radius 1 is 1.43 bits per heavy atom. The molecule has 2 heterocycles. The fraction of sp³-hybridized carbons (Fsp3) is 0.438. The lowest BCUT2D eigenvalue weighted by atomic mass is 9.74. The molecule has 2 aromatic heterocycles. The number of rotatable bonds is 6. The number of aromatic nitrogens is 1. The molecule has 122 valence electrons. The summed E-state index contributed by atoms with van der Waals surface area (Å²) in [5.74, 6) is 0.447. The predicted molar refractivity (Wildman–Crippen MR) is 85.2 cm³/mol. The Labute approximate surface area is 137 Å². The van der Waals surface area contributed by atoms with Crippen LogP contribution < -0.4 is 5.32 Å². The van der Waals surface area contributed by atoms with Crippen LogP contribution in [0, 0.1) is 6.92 Å². The number of aryl methyl sites for hydroxylation is 1. The second kappa shape index (κ2) is 6.16. The van der Waals surface area contributed by atoms with Crippen LogP contribution in [0.15, 0.2) is 21.9 Å². The maximum absolute atomic E-state index is 12.2. The van der Waals surface area contributed by atoms with Crippen molar-refractivity contribution in [1.82, 2.24) is 10.3 Å². The molecular weight excluding hydrogens is 316 g/mol. The number of hydrogen-bond donors (Lipinski definition) is 2. The molecule has 1 fully saturated rings. The van der Waals surface area contributed by atoms with E-state index in [0.29, 0.717) is 11.5 Å². The second-order valence-electron chi connectivity index (χ2n) is 5.98. The van der Waals surface area contributed by atoms with Crippen molar-refractivity contribution in [3.05, 3.63) is 29.0 Å². The minimum absolute atomic E-state index is 0.0211. The van der Waals surface area contributed by atoms with Crippen molar-refractivity contribution in [2.24, 2.45) is 0 Å². The van der Waals surface area contributed by atoms with Crippen LogP contribution >= 0.6 is 11.3 Å². The molecule has 3 rings (SSSR count). The summed E-state index contributed by atoms with van der Waals surface area (Å²) in [6.45, 7) is 1.87. The van der Waals surface area contributed by atoms with Gasteiger partial charge in [0.25, 0.3) is 0 Å². The number of carboxylic acid groups (broad SMARTS) is 1. The molecule has 0 spiro atoms. The topological polar surface area (TPSA) is 92.4 Å². The molecule has 1 aliphatic rings. The average Bonchev–Trinajstić information content (AvgIpc) is 3.04. The number of hydrogen-bond acceptors (Lipinski definition) is 5. The zero-order valence-electron chi connectivity index (χ0n) is 12.8. The first kappa shape index (κ1) is 15.7. The maximum atomic E-state index is 12.2. The number of carbonyl (C=O) groups excluding carboxylic acids is 1. The Bertz CT molecular complexity index is 730. The zero-order valence-corrected chi connectivity index (χ0v) is 13.6. The first-order valence-corrected chi connectivity index (χ1v) is 8.38. The quantitative estimate of drug-likeness (QED) is 0.847. The van der Waals surface area contributed by atoms with E-state index in [4.69, 9.17) is 9.52 Å². The molecule has 7 heteroatoms. The monoisotopic (exact) mass is 334 g/mol. The summed E-state index contributed by atoms with van der Waals surface area (Å²) in [7, 11) is 0. The van der Waals surface area contributed by atoms with Crippen molar-refractivity contribution in [1.29, 1.82) is 0 Å². The van der Waals surface area contributed by atoms with E-state index in [1.165, 1.54) is 11.3 Å². The highest BCUT2D eigenvalue weighted by Gasteiger charge is 2.40. The van der Waals surface area contributed by atoms with Gasteiger partial charge >= 0.3 is 5.97 Å². The van der Waals surface area contributed by atoms with E-state index in [9.17, 15) is 9.59 Å². The van der Waals surface area contributed by atoms with Crippen LogP contribution in [0.3, 0.4) is 0 Å². The molecule has 0 saturated heterocycles. The molecule has 0 radical (unpaired) electrons. The molecule has 0 unspecified atom stereocenters. The highest BCUT2D eigenvalue weighted by Crippen LogP contribution is 2.35. The number of amides is 1. The number of nitrogens with one attached hydrogen (secondary N) is 1. The Kier molecular flexibility index (Phi) is 4.21. The SMILES string of the molecule is Cc1ccc(-c2nc(CC(=O)NC3(CC(=O)O)CCC3)cs2)o1. The number of carboxylic acids is 1. The molecular formula is C16H18N2O4S. The van der Waals surface area contributed by atoms with Crippen molar-refractivity contribution >= 4 is 23.2 Å². The third-order valence-electron chi connectivity index (χ3n) is 4.05. The van der Waals surface area contributed by atoms with Gasteiger partial charge in [0.1, 0.15) is 5.76 Å². The Morgan fingerprint density at radius 3 is 2.78 bits per heavy atom. The summed E-state index contributed by atoms with van der Waals surface area (Å²) in [6, 6.07) is 3.73. The number of furan rings is 1. The smallest absolute Gasteiger partial charge is 0.305 e. The lowest BCUT2D eigenvalue weighted by Crippen LogP contribution is -2.55. The van der Waals surface area contributed by atoms with Gasteiger partial charge in [0.15, 0.2) is 10.8 Å². The van der Waals surface area contributed by atoms with Gasteiger partial charge in [-0.3, -0.25) is 9.59 Å². The molecule has 1 saturated carbocycles. The van der Waals surface area contributed by atoms with Crippen LogP contribution in [-0.4, -0.2) is 27.5 Å². The van der Waals surface area contributed by atoms with E-state index in [1.807, 2.05) is 24.4 Å². The zero-order chi connectivity index (χ0) is 16.4. The molecule has 23 heavy (non-hydrogen) atoms. The van der Waals surface area contributed by atoms with Gasteiger partial charge in [0.05, 0.1) is 24.1 Å². The molecule has 0 aromatic carbocycles. The Balaban J connectivity index is 1.62. The van der Waals surface area contributed by atoms with Gasteiger partial charge in [-0.05, 0) is 38.3 Å². The summed E-state index contributed by atoms with van der Waals surface area (Å²) in [4.78, 5) is 27.5. The molecule has 0 bridgehead atoms. The van der Waals surface area contributed by atoms with Crippen LogP contribution in [0.5, 0.6) is 0 Å². The van der Waals surface area contributed by atoms with Crippen molar-refractivity contribution in [2.75, 3.05) is 0 Å². The summed E-state index contributed by atoms with van der Waals surface area (Å²) < 4.78 is 5.52. The number of nitrogens with zero attached hydrogens (tertiary/aromatic N) is 1. The predicted octanol–water partition coefficient (Wildman–Crippen LogP) is 2.77. The van der Waals surface area contributed by atoms with Gasteiger partial charge in [-0.25, -0.2) is 4.98 Å². The van der Waals surface area contributed by atoms with Gasteiger partial charge in [-0.2, -0.15) is 0 Å². The lowest BCUT2D eigenvalue weighted by molar-refractivity contribution is -0.140. The maximum Gasteiger partial charge on any atom is 0.305 e. The largest absolute Gasteiger partial charge is 0.481 e. The van der Waals surface area contributed by atoms with Gasteiger partial charge in [-0.15, -0.1) is 11.3 Å². The molecule has 1 amide bonds. The molecule has 6 nitrogen and oxygen atoms in total. The number of aliphatic carboxylic acids is 1. The Hall–Kier alpha value is -2.15. The first-order chi connectivity index (χ1) is 11.0. The fourth-order valence-electron chi connectivity index (χ4n) is 2.79. The minimum atomic E-state index is -0.880. The fourth-order valence-corrected chi connectivity index (χ4v) is 3.57. The highest BCUT2D eigenvalue weighted by molar-refractivity contribution is 7.13. The van der Waals surface area contributed by atoms with E-state index in [2.05, 4.69) is 10.3 Å². The number of thiazole rings is 1. The molecule has 2 N–H and O–H groups in total. The Morgan fingerprint density at radius 2 is 2.22 bits per heavy atom. The second-order valence-corrected chi connectivity index (χ2v) is 6.84. The van der Waals surface area contributed by atoms with Crippen molar-refractivity contribution in [3.63, 3.8) is 0 Å². The van der Waals surface area contributed by atoms with Crippen LogP contribution in [0.2, 0.25) is 0 Å². The third kappa shape index (κ3) is 3.61. The first-order valence-electron chi connectivity index (χ1n) is 7.50. The van der Waals surface area contributed by atoms with Gasteiger partial charge in [0, 0.05) is 5.38 Å². The van der Waals surface area contributed by atoms with E-state index >= 15 is 0 Å². The molecule has 2 aromatic rings. The summed E-state index contributed by atoms with van der Waals surface area (Å²) in [6.07, 6.45) is 2.52. The van der Waals surface area contributed by atoms with Gasteiger partial charge in [-0.1, -0.05) is 0 Å². The average molecular weight is 334 g/mol. The number of carbonyl (C=O) groups is 2. The minimum Gasteiger partial charge on any atom is -0.481 e. The van der Waals surface area contributed by atoms with Crippen LogP contribution in [0.1, 0.15) is 37.1 Å². The molecule has 1 aliphatic carbocycles. The normalized spacial score (nSPS) is 15.9. The van der Waals surface area contributed by atoms with Crippen LogP contribution in [0.4, 0.5) is 0 Å². The third-order valence-corrected chi connectivity index (χ3v) is 4.96. The van der Waals surface area contributed by atoms with Crippen molar-refractivity contribution < 1.29 is 19.1 Å². The molecule has 0 atom stereocenters. The lowest BCUT2D eigenvalue weighted by Gasteiger charge is -2.41. The van der Waals surface area contributed by atoms with Gasteiger partial charge < -0.3 is 14.8 Å². The van der Waals surface area contributed by atoms with E-state index < -0.39 is 11.5 Å². The summed E-state index contributed by atoms with van der Waals surface area (Å²) >= 11 is 1.43. The van der Waals surface area contributed by atoms with Crippen LogP contribution in [-0.2, 0) is 16.0 Å². The standard InChI is InChI=1S/C16H18N2O4S/c1-10-3-4-12(22-10)15-17-11(9-23-15)7-13(19)18-16(5-2-6-16)8-14(20)21/h3-4,9H,2,5-8H2,1H3,(H,18,19)(H,20,21). The van der Waals surface area contributed by atoms with E-state index in [-0.39, 0.29) is 18.7 Å². The molecule has 0 aliphatic heterocycles. The van der Waals surface area contributed by atoms with E-state index in [1.54, 1.807) is 0 Å². The van der Waals surface area contributed by atoms with Gasteiger partial charge in [0.2, 0.25) is 5.91 Å². The summed E-state index contributed by atoms with van der Waals surface area (Å²) in [5.41, 5.74) is 0.0984. The highest BCUT2D eigenvalue weighted by atomic mass is 32.1. The van der Waals surface area contributed by atoms with Crippen LogP contribution in [0.25, 0.3) is 10.8 Å². The van der Waals surface area contributed by atoms with E-state index in [0.717, 1.165) is 30.0 Å².